The van der Waals surface area contributed by atoms with E-state index in [1.807, 2.05) is 17.0 Å². The molecule has 3 heterocycles. The Kier molecular flexibility index (Phi) is 4.10. The van der Waals surface area contributed by atoms with Gasteiger partial charge in [-0.2, -0.15) is 0 Å². The average molecular weight is 288 g/mol. The zero-order valence-electron chi connectivity index (χ0n) is 12.9. The Morgan fingerprint density at radius 1 is 1.19 bits per heavy atom. The maximum absolute atomic E-state index is 12.6. The molecule has 5 nitrogen and oxygen atoms in total. The van der Waals surface area contributed by atoms with Crippen LogP contribution in [0.25, 0.3) is 0 Å². The van der Waals surface area contributed by atoms with E-state index in [4.69, 9.17) is 0 Å². The number of nitrogens with zero attached hydrogens (tertiary/aromatic N) is 3. The fourth-order valence-electron chi connectivity index (χ4n) is 3.32. The van der Waals surface area contributed by atoms with Gasteiger partial charge in [0.1, 0.15) is 5.82 Å². The number of hydrogen-bond acceptors (Lipinski definition) is 4. The van der Waals surface area contributed by atoms with Crippen LogP contribution in [0.4, 0.5) is 5.82 Å². The third kappa shape index (κ3) is 3.18. The van der Waals surface area contributed by atoms with Gasteiger partial charge in [-0.15, -0.1) is 0 Å². The SMILES string of the molecule is CC1CN(C(=O)c2ccc(N3CCCC3)nc2)CC(C)N1. The zero-order chi connectivity index (χ0) is 14.8. The van der Waals surface area contributed by atoms with Crippen molar-refractivity contribution in [2.45, 2.75) is 38.8 Å². The van der Waals surface area contributed by atoms with E-state index in [1.54, 1.807) is 6.20 Å². The number of aromatic nitrogens is 1. The summed E-state index contributed by atoms with van der Waals surface area (Å²) in [5.74, 6) is 1.08. The van der Waals surface area contributed by atoms with Crippen LogP contribution < -0.4 is 10.2 Å². The van der Waals surface area contributed by atoms with E-state index >= 15 is 0 Å². The van der Waals surface area contributed by atoms with Crippen molar-refractivity contribution in [1.29, 1.82) is 0 Å². The predicted molar refractivity (Wildman–Crippen MR) is 83.6 cm³/mol. The fraction of sp³-hybridized carbons (Fsp3) is 0.625. The Morgan fingerprint density at radius 3 is 2.43 bits per heavy atom. The number of nitrogens with one attached hydrogen (secondary N) is 1. The van der Waals surface area contributed by atoms with E-state index in [0.29, 0.717) is 17.6 Å². The van der Waals surface area contributed by atoms with Crippen LogP contribution in [0.15, 0.2) is 18.3 Å². The van der Waals surface area contributed by atoms with Gasteiger partial charge in [0, 0.05) is 44.5 Å². The second-order valence-corrected chi connectivity index (χ2v) is 6.28. The second kappa shape index (κ2) is 6.02. The number of carbonyl (C=O) groups excluding carboxylic acids is 1. The van der Waals surface area contributed by atoms with Crippen molar-refractivity contribution >= 4 is 11.7 Å². The van der Waals surface area contributed by atoms with Gasteiger partial charge < -0.3 is 15.1 Å². The quantitative estimate of drug-likeness (QED) is 0.896. The maximum Gasteiger partial charge on any atom is 0.255 e. The van der Waals surface area contributed by atoms with Crippen molar-refractivity contribution in [1.82, 2.24) is 15.2 Å². The van der Waals surface area contributed by atoms with Crippen molar-refractivity contribution < 1.29 is 4.79 Å². The molecule has 2 unspecified atom stereocenters. The highest BCUT2D eigenvalue weighted by Gasteiger charge is 2.25. The van der Waals surface area contributed by atoms with E-state index in [0.717, 1.165) is 32.0 Å². The summed E-state index contributed by atoms with van der Waals surface area (Å²) < 4.78 is 0. The summed E-state index contributed by atoms with van der Waals surface area (Å²) in [5, 5.41) is 3.45. The molecular weight excluding hydrogens is 264 g/mol. The highest BCUT2D eigenvalue weighted by atomic mass is 16.2. The molecule has 0 spiro atoms. The topological polar surface area (TPSA) is 48.5 Å². The molecule has 0 aromatic carbocycles. The molecular formula is C16H24N4O. The Balaban J connectivity index is 1.69. The van der Waals surface area contributed by atoms with Gasteiger partial charge in [-0.05, 0) is 38.8 Å². The molecule has 5 heteroatoms. The molecule has 3 rings (SSSR count). The van der Waals surface area contributed by atoms with Crippen molar-refractivity contribution in [3.8, 4) is 0 Å². The molecule has 2 aliphatic heterocycles. The lowest BCUT2D eigenvalue weighted by Gasteiger charge is -2.36. The molecule has 1 aromatic rings. The highest BCUT2D eigenvalue weighted by molar-refractivity contribution is 5.94. The van der Waals surface area contributed by atoms with Crippen LogP contribution in [0.2, 0.25) is 0 Å². The van der Waals surface area contributed by atoms with Gasteiger partial charge in [0.2, 0.25) is 0 Å². The van der Waals surface area contributed by atoms with E-state index in [1.165, 1.54) is 12.8 Å². The van der Waals surface area contributed by atoms with E-state index in [2.05, 4.69) is 29.0 Å². The lowest BCUT2D eigenvalue weighted by Crippen LogP contribution is -2.55. The molecule has 21 heavy (non-hydrogen) atoms. The monoisotopic (exact) mass is 288 g/mol. The number of rotatable bonds is 2. The standard InChI is InChI=1S/C16H24N4O/c1-12-10-20(11-13(2)18-12)16(21)14-5-6-15(17-9-14)19-7-3-4-8-19/h5-6,9,12-13,18H,3-4,7-8,10-11H2,1-2H3. The molecule has 1 amide bonds. The third-order valence-electron chi connectivity index (χ3n) is 4.27. The first-order chi connectivity index (χ1) is 10.1. The average Bonchev–Trinajstić information content (AvgIpc) is 3.00. The van der Waals surface area contributed by atoms with Gasteiger partial charge in [-0.1, -0.05) is 0 Å². The van der Waals surface area contributed by atoms with Crippen molar-refractivity contribution in [3.63, 3.8) is 0 Å². The third-order valence-corrected chi connectivity index (χ3v) is 4.27. The number of amides is 1. The van der Waals surface area contributed by atoms with Crippen molar-refractivity contribution in [2.24, 2.45) is 0 Å². The summed E-state index contributed by atoms with van der Waals surface area (Å²) in [6, 6.07) is 4.58. The molecule has 1 N–H and O–H groups in total. The summed E-state index contributed by atoms with van der Waals surface area (Å²) in [6.07, 6.45) is 4.20. The lowest BCUT2D eigenvalue weighted by atomic mass is 10.1. The molecule has 2 atom stereocenters. The van der Waals surface area contributed by atoms with E-state index in [-0.39, 0.29) is 5.91 Å². The Hall–Kier alpha value is -1.62. The Bertz CT molecular complexity index is 486. The largest absolute Gasteiger partial charge is 0.357 e. The van der Waals surface area contributed by atoms with Crippen LogP contribution >= 0.6 is 0 Å². The van der Waals surface area contributed by atoms with E-state index < -0.39 is 0 Å². The second-order valence-electron chi connectivity index (χ2n) is 6.28. The van der Waals surface area contributed by atoms with Crippen molar-refractivity contribution in [2.75, 3.05) is 31.1 Å². The van der Waals surface area contributed by atoms with Crippen LogP contribution in [0, 0.1) is 0 Å². The number of pyridine rings is 1. The summed E-state index contributed by atoms with van der Waals surface area (Å²) >= 11 is 0. The molecule has 114 valence electrons. The van der Waals surface area contributed by atoms with Gasteiger partial charge in [0.15, 0.2) is 0 Å². The molecule has 2 aliphatic rings. The summed E-state index contributed by atoms with van der Waals surface area (Å²) in [7, 11) is 0. The lowest BCUT2D eigenvalue weighted by molar-refractivity contribution is 0.0673. The van der Waals surface area contributed by atoms with Gasteiger partial charge in [-0.25, -0.2) is 4.98 Å². The number of piperazine rings is 1. The first-order valence-corrected chi connectivity index (χ1v) is 7.90. The normalized spacial score (nSPS) is 26.2. The highest BCUT2D eigenvalue weighted by Crippen LogP contribution is 2.18. The summed E-state index contributed by atoms with van der Waals surface area (Å²) in [5.41, 5.74) is 0.694. The number of anilines is 1. The molecule has 2 fully saturated rings. The molecule has 0 saturated carbocycles. The minimum Gasteiger partial charge on any atom is -0.357 e. The minimum absolute atomic E-state index is 0.0932. The van der Waals surface area contributed by atoms with Crippen LogP contribution in [-0.2, 0) is 0 Å². The molecule has 0 bridgehead atoms. The summed E-state index contributed by atoms with van der Waals surface area (Å²) in [4.78, 5) is 21.3. The molecule has 2 saturated heterocycles. The Morgan fingerprint density at radius 2 is 1.86 bits per heavy atom. The first kappa shape index (κ1) is 14.3. The molecule has 1 aromatic heterocycles. The van der Waals surface area contributed by atoms with Crippen LogP contribution in [0.3, 0.4) is 0 Å². The number of carbonyl (C=O) groups is 1. The fourth-order valence-corrected chi connectivity index (χ4v) is 3.32. The first-order valence-electron chi connectivity index (χ1n) is 7.90. The van der Waals surface area contributed by atoms with Crippen LogP contribution in [0.1, 0.15) is 37.0 Å². The molecule has 0 radical (unpaired) electrons. The van der Waals surface area contributed by atoms with Gasteiger partial charge in [0.25, 0.3) is 5.91 Å². The van der Waals surface area contributed by atoms with Gasteiger partial charge >= 0.3 is 0 Å². The predicted octanol–water partition coefficient (Wildman–Crippen LogP) is 1.50. The smallest absolute Gasteiger partial charge is 0.255 e. The van der Waals surface area contributed by atoms with E-state index in [9.17, 15) is 4.79 Å². The maximum atomic E-state index is 12.6. The summed E-state index contributed by atoms with van der Waals surface area (Å²) in [6.45, 7) is 7.91. The molecule has 0 aliphatic carbocycles. The zero-order valence-corrected chi connectivity index (χ0v) is 12.9. The van der Waals surface area contributed by atoms with Gasteiger partial charge in [0.05, 0.1) is 5.56 Å². The van der Waals surface area contributed by atoms with Gasteiger partial charge in [-0.3, -0.25) is 4.79 Å². The van der Waals surface area contributed by atoms with Crippen LogP contribution in [0.5, 0.6) is 0 Å². The number of hydrogen-bond donors (Lipinski definition) is 1. The van der Waals surface area contributed by atoms with Crippen molar-refractivity contribution in [3.05, 3.63) is 23.9 Å². The van der Waals surface area contributed by atoms with Crippen LogP contribution in [-0.4, -0.2) is 54.1 Å². The minimum atomic E-state index is 0.0932. The Labute approximate surface area is 126 Å².